The molecule has 8 heteroatoms. The summed E-state index contributed by atoms with van der Waals surface area (Å²) in [5.41, 5.74) is 3.21. The van der Waals surface area contributed by atoms with Crippen molar-refractivity contribution in [2.75, 3.05) is 39.8 Å². The Kier molecular flexibility index (Phi) is 7.42. The lowest BCUT2D eigenvalue weighted by atomic mass is 10.0. The van der Waals surface area contributed by atoms with Crippen molar-refractivity contribution in [3.05, 3.63) is 60.4 Å². The largest absolute Gasteiger partial charge is 0.497 e. The monoisotopic (exact) mass is 410 g/mol. The molecule has 1 unspecified atom stereocenters. The Labute approximate surface area is 175 Å². The van der Waals surface area contributed by atoms with E-state index in [-0.39, 0.29) is 5.91 Å². The van der Waals surface area contributed by atoms with Crippen LogP contribution in [0.1, 0.15) is 11.6 Å². The van der Waals surface area contributed by atoms with Gasteiger partial charge in [0.05, 0.1) is 27.0 Å². The first-order chi connectivity index (χ1) is 14.7. The zero-order valence-electron chi connectivity index (χ0n) is 17.3. The van der Waals surface area contributed by atoms with E-state index >= 15 is 0 Å². The number of aromatic amines is 1. The average molecular weight is 410 g/mol. The Morgan fingerprint density at radius 2 is 2.00 bits per heavy atom. The second kappa shape index (κ2) is 10.4. The second-order valence-corrected chi connectivity index (χ2v) is 6.55. The molecule has 0 radical (unpaired) electrons. The summed E-state index contributed by atoms with van der Waals surface area (Å²) >= 11 is 0. The quantitative estimate of drug-likeness (QED) is 0.445. The predicted octanol–water partition coefficient (Wildman–Crippen LogP) is 3.01. The molecular formula is C22H26N4O4. The van der Waals surface area contributed by atoms with E-state index in [4.69, 9.17) is 14.2 Å². The van der Waals surface area contributed by atoms with Crippen molar-refractivity contribution >= 4 is 11.6 Å². The summed E-state index contributed by atoms with van der Waals surface area (Å²) in [5, 5.41) is 13.0. The first kappa shape index (κ1) is 21.4. The van der Waals surface area contributed by atoms with Gasteiger partial charge in [-0.05, 0) is 29.8 Å². The van der Waals surface area contributed by atoms with E-state index < -0.39 is 6.04 Å². The van der Waals surface area contributed by atoms with Crippen molar-refractivity contribution in [1.29, 1.82) is 0 Å². The van der Waals surface area contributed by atoms with E-state index in [0.29, 0.717) is 30.3 Å². The van der Waals surface area contributed by atoms with Crippen molar-refractivity contribution in [2.45, 2.75) is 6.04 Å². The van der Waals surface area contributed by atoms with Gasteiger partial charge in [-0.25, -0.2) is 0 Å². The fourth-order valence-corrected chi connectivity index (χ4v) is 3.11. The lowest BCUT2D eigenvalue weighted by Gasteiger charge is -2.20. The number of nitrogens with one attached hydrogen (secondary N) is 3. The van der Waals surface area contributed by atoms with Crippen molar-refractivity contribution < 1.29 is 19.0 Å². The molecule has 30 heavy (non-hydrogen) atoms. The van der Waals surface area contributed by atoms with Gasteiger partial charge in [0.1, 0.15) is 17.5 Å². The maximum Gasteiger partial charge on any atom is 0.246 e. The molecule has 1 heterocycles. The van der Waals surface area contributed by atoms with E-state index in [1.54, 1.807) is 39.8 Å². The summed E-state index contributed by atoms with van der Waals surface area (Å²) in [4.78, 5) is 13.1. The van der Waals surface area contributed by atoms with Crippen LogP contribution in [-0.2, 0) is 9.53 Å². The molecule has 1 aromatic heterocycles. The van der Waals surface area contributed by atoms with Crippen LogP contribution in [0.25, 0.3) is 11.1 Å². The lowest BCUT2D eigenvalue weighted by molar-refractivity contribution is -0.118. The Morgan fingerprint density at radius 3 is 2.70 bits per heavy atom. The van der Waals surface area contributed by atoms with Gasteiger partial charge in [0.2, 0.25) is 5.91 Å². The molecule has 0 bridgehead atoms. The van der Waals surface area contributed by atoms with Gasteiger partial charge < -0.3 is 19.5 Å². The van der Waals surface area contributed by atoms with Crippen molar-refractivity contribution in [2.24, 2.45) is 0 Å². The fraction of sp³-hybridized carbons (Fsp3) is 0.273. The molecule has 0 saturated carbocycles. The zero-order valence-corrected chi connectivity index (χ0v) is 17.3. The Morgan fingerprint density at radius 1 is 1.13 bits per heavy atom. The highest BCUT2D eigenvalue weighted by Crippen LogP contribution is 2.32. The van der Waals surface area contributed by atoms with Crippen LogP contribution in [0.3, 0.4) is 0 Å². The molecule has 0 aliphatic rings. The zero-order chi connectivity index (χ0) is 21.3. The lowest BCUT2D eigenvalue weighted by Crippen LogP contribution is -2.34. The second-order valence-electron chi connectivity index (χ2n) is 6.55. The van der Waals surface area contributed by atoms with E-state index in [9.17, 15) is 4.79 Å². The first-order valence-electron chi connectivity index (χ1n) is 9.50. The van der Waals surface area contributed by atoms with E-state index in [1.165, 1.54) is 0 Å². The van der Waals surface area contributed by atoms with Gasteiger partial charge in [0, 0.05) is 42.7 Å². The topological polar surface area (TPSA) is 97.5 Å². The van der Waals surface area contributed by atoms with Crippen LogP contribution in [0, 0.1) is 0 Å². The Bertz CT molecular complexity index is 960. The summed E-state index contributed by atoms with van der Waals surface area (Å²) in [7, 11) is 4.81. The van der Waals surface area contributed by atoms with Crippen molar-refractivity contribution in [1.82, 2.24) is 15.5 Å². The van der Waals surface area contributed by atoms with Crippen LogP contribution in [0.15, 0.2) is 54.9 Å². The molecule has 3 N–H and O–H groups in total. The summed E-state index contributed by atoms with van der Waals surface area (Å²) in [5.74, 6) is 1.13. The number of ether oxygens (including phenoxy) is 3. The number of benzene rings is 2. The third-order valence-electron chi connectivity index (χ3n) is 4.62. The van der Waals surface area contributed by atoms with Gasteiger partial charge >= 0.3 is 0 Å². The minimum absolute atomic E-state index is 0.197. The number of carbonyl (C=O) groups excluding carboxylic acids is 1. The number of rotatable bonds is 10. The van der Waals surface area contributed by atoms with Crippen molar-refractivity contribution in [3.63, 3.8) is 0 Å². The predicted molar refractivity (Wildman–Crippen MR) is 115 cm³/mol. The minimum atomic E-state index is -0.574. The van der Waals surface area contributed by atoms with Gasteiger partial charge in [-0.1, -0.05) is 12.1 Å². The summed E-state index contributed by atoms with van der Waals surface area (Å²) in [6.45, 7) is 1.01. The van der Waals surface area contributed by atoms with Gasteiger partial charge in [0.25, 0.3) is 0 Å². The van der Waals surface area contributed by atoms with Crippen LogP contribution in [0.4, 0.5) is 5.69 Å². The van der Waals surface area contributed by atoms with E-state index in [0.717, 1.165) is 16.7 Å². The minimum Gasteiger partial charge on any atom is -0.497 e. The molecule has 3 aromatic rings. The van der Waals surface area contributed by atoms with Crippen LogP contribution < -0.4 is 20.1 Å². The first-order valence-corrected chi connectivity index (χ1v) is 9.50. The number of aromatic nitrogens is 2. The average Bonchev–Trinajstić information content (AvgIpc) is 3.31. The highest BCUT2D eigenvalue weighted by Gasteiger charge is 2.21. The molecule has 2 aromatic carbocycles. The molecule has 0 aliphatic heterocycles. The maximum absolute atomic E-state index is 13.1. The number of carbonyl (C=O) groups is 1. The maximum atomic E-state index is 13.1. The number of methoxy groups -OCH3 is 3. The van der Waals surface area contributed by atoms with Crippen LogP contribution >= 0.6 is 0 Å². The molecule has 3 rings (SSSR count). The van der Waals surface area contributed by atoms with Gasteiger partial charge in [0.15, 0.2) is 0 Å². The number of hydrogen-bond acceptors (Lipinski definition) is 6. The normalized spacial score (nSPS) is 11.7. The highest BCUT2D eigenvalue weighted by molar-refractivity contribution is 5.96. The molecular weight excluding hydrogens is 384 g/mol. The number of anilines is 1. The molecule has 0 spiro atoms. The summed E-state index contributed by atoms with van der Waals surface area (Å²) in [6, 6.07) is 12.4. The van der Waals surface area contributed by atoms with E-state index in [1.807, 2.05) is 36.4 Å². The third kappa shape index (κ3) is 5.16. The van der Waals surface area contributed by atoms with Crippen molar-refractivity contribution in [3.8, 4) is 22.6 Å². The van der Waals surface area contributed by atoms with Crippen LogP contribution in [0.5, 0.6) is 11.5 Å². The molecule has 8 nitrogen and oxygen atoms in total. The third-order valence-corrected chi connectivity index (χ3v) is 4.62. The molecule has 1 amide bonds. The van der Waals surface area contributed by atoms with Gasteiger partial charge in [-0.15, -0.1) is 0 Å². The smallest absolute Gasteiger partial charge is 0.246 e. The molecule has 0 aliphatic carbocycles. The number of amides is 1. The number of nitrogens with zero attached hydrogens (tertiary/aromatic N) is 1. The molecule has 0 fully saturated rings. The molecule has 1 atom stereocenters. The number of H-pyrrole nitrogens is 1. The Balaban J connectivity index is 1.82. The van der Waals surface area contributed by atoms with E-state index in [2.05, 4.69) is 20.8 Å². The molecule has 0 saturated heterocycles. The van der Waals surface area contributed by atoms with Crippen LogP contribution in [0.2, 0.25) is 0 Å². The standard InChI is InChI=1S/C22H26N4O4/c1-28-10-9-23-21(15-5-4-6-18(11-15)29-2)22(27)26-17-7-8-19(20(12-17)30-3)16-13-24-25-14-16/h4-8,11-14,21,23H,9-10H2,1-3H3,(H,24,25)(H,26,27). The van der Waals surface area contributed by atoms with Gasteiger partial charge in [-0.3, -0.25) is 15.2 Å². The van der Waals surface area contributed by atoms with Gasteiger partial charge in [-0.2, -0.15) is 5.10 Å². The summed E-state index contributed by atoms with van der Waals surface area (Å²) < 4.78 is 15.9. The summed E-state index contributed by atoms with van der Waals surface area (Å²) in [6.07, 6.45) is 3.50. The SMILES string of the molecule is COCCNC(C(=O)Nc1ccc(-c2cn[nH]c2)c(OC)c1)c1cccc(OC)c1. The molecule has 158 valence electrons. The van der Waals surface area contributed by atoms with Crippen LogP contribution in [-0.4, -0.2) is 50.6 Å². The number of hydrogen-bond donors (Lipinski definition) is 3. The Hall–Kier alpha value is -3.36. The fourth-order valence-electron chi connectivity index (χ4n) is 3.11. The highest BCUT2D eigenvalue weighted by atomic mass is 16.5.